The molecule has 3 heteroatoms. The van der Waals surface area contributed by atoms with Crippen LogP contribution in [0.4, 0.5) is 0 Å². The highest BCUT2D eigenvalue weighted by Crippen LogP contribution is 2.14. The Hall–Kier alpha value is -1.35. The third-order valence-corrected chi connectivity index (χ3v) is 3.94. The molecule has 0 saturated carbocycles. The first-order valence-electron chi connectivity index (χ1n) is 7.68. The first kappa shape index (κ1) is 16.7. The lowest BCUT2D eigenvalue weighted by molar-refractivity contribution is -0.133. The highest BCUT2D eigenvalue weighted by atomic mass is 16.2. The molecule has 0 heterocycles. The minimum atomic E-state index is 0.229. The summed E-state index contributed by atoms with van der Waals surface area (Å²) in [4.78, 5) is 14.4. The number of nitrogens with two attached hydrogens (primary N) is 1. The molecule has 2 N–H and O–H groups in total. The van der Waals surface area contributed by atoms with Crippen molar-refractivity contribution in [1.82, 2.24) is 4.90 Å². The SMILES string of the molecule is CCC(CC)N(CCN)C(=O)CCc1ccccc1C. The van der Waals surface area contributed by atoms with Crippen molar-refractivity contribution in [2.75, 3.05) is 13.1 Å². The Morgan fingerprint density at radius 1 is 1.25 bits per heavy atom. The van der Waals surface area contributed by atoms with Gasteiger partial charge in [0.05, 0.1) is 0 Å². The molecule has 0 spiro atoms. The molecular formula is C17H28N2O. The van der Waals surface area contributed by atoms with Crippen molar-refractivity contribution in [1.29, 1.82) is 0 Å². The zero-order chi connectivity index (χ0) is 15.0. The van der Waals surface area contributed by atoms with Crippen LogP contribution in [0.1, 0.15) is 44.2 Å². The normalized spacial score (nSPS) is 10.8. The van der Waals surface area contributed by atoms with E-state index in [1.807, 2.05) is 17.0 Å². The molecule has 0 unspecified atom stereocenters. The number of amides is 1. The largest absolute Gasteiger partial charge is 0.338 e. The van der Waals surface area contributed by atoms with Gasteiger partial charge in [0.2, 0.25) is 5.91 Å². The molecule has 0 aliphatic rings. The minimum absolute atomic E-state index is 0.229. The first-order valence-corrected chi connectivity index (χ1v) is 7.68. The van der Waals surface area contributed by atoms with Gasteiger partial charge in [0.25, 0.3) is 0 Å². The Labute approximate surface area is 123 Å². The molecule has 0 fully saturated rings. The van der Waals surface area contributed by atoms with Crippen molar-refractivity contribution in [3.8, 4) is 0 Å². The van der Waals surface area contributed by atoms with Crippen molar-refractivity contribution in [3.63, 3.8) is 0 Å². The number of hydrogen-bond acceptors (Lipinski definition) is 2. The van der Waals surface area contributed by atoms with Crippen LogP contribution < -0.4 is 5.73 Å². The van der Waals surface area contributed by atoms with E-state index >= 15 is 0 Å². The Morgan fingerprint density at radius 2 is 1.90 bits per heavy atom. The van der Waals surface area contributed by atoms with E-state index in [0.717, 1.165) is 19.3 Å². The maximum atomic E-state index is 12.4. The molecule has 0 aromatic heterocycles. The van der Waals surface area contributed by atoms with Gasteiger partial charge in [-0.1, -0.05) is 38.1 Å². The quantitative estimate of drug-likeness (QED) is 0.793. The molecule has 1 amide bonds. The van der Waals surface area contributed by atoms with Gasteiger partial charge in [0, 0.05) is 25.6 Å². The van der Waals surface area contributed by atoms with E-state index in [9.17, 15) is 4.79 Å². The summed E-state index contributed by atoms with van der Waals surface area (Å²) >= 11 is 0. The summed E-state index contributed by atoms with van der Waals surface area (Å²) in [7, 11) is 0. The number of nitrogens with zero attached hydrogens (tertiary/aromatic N) is 1. The smallest absolute Gasteiger partial charge is 0.223 e. The van der Waals surface area contributed by atoms with Crippen molar-refractivity contribution in [3.05, 3.63) is 35.4 Å². The highest BCUT2D eigenvalue weighted by Gasteiger charge is 2.19. The van der Waals surface area contributed by atoms with E-state index in [1.54, 1.807) is 0 Å². The molecule has 0 aliphatic heterocycles. The number of rotatable bonds is 8. The lowest BCUT2D eigenvalue weighted by Gasteiger charge is -2.30. The lowest BCUT2D eigenvalue weighted by Crippen LogP contribution is -2.42. The molecule has 0 aliphatic carbocycles. The molecule has 1 rings (SSSR count). The molecule has 0 bridgehead atoms. The van der Waals surface area contributed by atoms with Crippen molar-refractivity contribution >= 4 is 5.91 Å². The number of aryl methyl sites for hydroxylation is 2. The molecule has 0 saturated heterocycles. The second kappa shape index (κ2) is 8.75. The summed E-state index contributed by atoms with van der Waals surface area (Å²) in [6.07, 6.45) is 3.37. The van der Waals surface area contributed by atoms with Gasteiger partial charge in [-0.2, -0.15) is 0 Å². The maximum absolute atomic E-state index is 12.4. The van der Waals surface area contributed by atoms with E-state index in [0.29, 0.717) is 25.6 Å². The third kappa shape index (κ3) is 4.64. The maximum Gasteiger partial charge on any atom is 0.223 e. The predicted molar refractivity (Wildman–Crippen MR) is 84.6 cm³/mol. The zero-order valence-corrected chi connectivity index (χ0v) is 13.1. The topological polar surface area (TPSA) is 46.3 Å². The van der Waals surface area contributed by atoms with E-state index in [1.165, 1.54) is 11.1 Å². The average molecular weight is 276 g/mol. The molecule has 20 heavy (non-hydrogen) atoms. The van der Waals surface area contributed by atoms with Crippen LogP contribution in [0.25, 0.3) is 0 Å². The Morgan fingerprint density at radius 3 is 2.45 bits per heavy atom. The van der Waals surface area contributed by atoms with E-state index in [2.05, 4.69) is 32.9 Å². The van der Waals surface area contributed by atoms with Crippen LogP contribution in [-0.2, 0) is 11.2 Å². The summed E-state index contributed by atoms with van der Waals surface area (Å²) in [6.45, 7) is 7.56. The van der Waals surface area contributed by atoms with Crippen molar-refractivity contribution in [2.24, 2.45) is 5.73 Å². The van der Waals surface area contributed by atoms with Gasteiger partial charge < -0.3 is 10.6 Å². The van der Waals surface area contributed by atoms with Crippen molar-refractivity contribution < 1.29 is 4.79 Å². The molecule has 0 atom stereocenters. The summed E-state index contributed by atoms with van der Waals surface area (Å²) in [5.74, 6) is 0.229. The third-order valence-electron chi connectivity index (χ3n) is 3.94. The molecule has 3 nitrogen and oxygen atoms in total. The monoisotopic (exact) mass is 276 g/mol. The number of hydrogen-bond donors (Lipinski definition) is 1. The van der Waals surface area contributed by atoms with Gasteiger partial charge in [-0.05, 0) is 37.3 Å². The van der Waals surface area contributed by atoms with Crippen LogP contribution in [-0.4, -0.2) is 29.9 Å². The van der Waals surface area contributed by atoms with Crippen LogP contribution in [0.2, 0.25) is 0 Å². The lowest BCUT2D eigenvalue weighted by atomic mass is 10.0. The van der Waals surface area contributed by atoms with Crippen LogP contribution in [0.3, 0.4) is 0 Å². The van der Waals surface area contributed by atoms with Crippen LogP contribution in [0.5, 0.6) is 0 Å². The van der Waals surface area contributed by atoms with Crippen LogP contribution in [0.15, 0.2) is 24.3 Å². The minimum Gasteiger partial charge on any atom is -0.338 e. The second-order valence-electron chi connectivity index (χ2n) is 5.27. The molecular weight excluding hydrogens is 248 g/mol. The highest BCUT2D eigenvalue weighted by molar-refractivity contribution is 5.76. The van der Waals surface area contributed by atoms with E-state index in [4.69, 9.17) is 5.73 Å². The summed E-state index contributed by atoms with van der Waals surface area (Å²) < 4.78 is 0. The van der Waals surface area contributed by atoms with Gasteiger partial charge in [0.1, 0.15) is 0 Å². The fourth-order valence-corrected chi connectivity index (χ4v) is 2.66. The number of carbonyl (C=O) groups is 1. The van der Waals surface area contributed by atoms with E-state index < -0.39 is 0 Å². The Bertz CT molecular complexity index is 413. The summed E-state index contributed by atoms with van der Waals surface area (Å²) in [5.41, 5.74) is 8.17. The summed E-state index contributed by atoms with van der Waals surface area (Å²) in [5, 5.41) is 0. The van der Waals surface area contributed by atoms with Gasteiger partial charge >= 0.3 is 0 Å². The first-order chi connectivity index (χ1) is 9.63. The fourth-order valence-electron chi connectivity index (χ4n) is 2.66. The van der Waals surface area contributed by atoms with Crippen molar-refractivity contribution in [2.45, 2.75) is 52.5 Å². The van der Waals surface area contributed by atoms with Gasteiger partial charge in [-0.15, -0.1) is 0 Å². The van der Waals surface area contributed by atoms with Gasteiger partial charge in [-0.3, -0.25) is 4.79 Å². The van der Waals surface area contributed by atoms with Crippen LogP contribution in [0, 0.1) is 6.92 Å². The van der Waals surface area contributed by atoms with Gasteiger partial charge in [0.15, 0.2) is 0 Å². The molecule has 0 radical (unpaired) electrons. The van der Waals surface area contributed by atoms with E-state index in [-0.39, 0.29) is 5.91 Å². The Kier molecular flexibility index (Phi) is 7.31. The Balaban J connectivity index is 2.64. The second-order valence-corrected chi connectivity index (χ2v) is 5.27. The standard InChI is InChI=1S/C17H28N2O/c1-4-16(5-2)19(13-12-18)17(20)11-10-15-9-7-6-8-14(15)3/h6-9,16H,4-5,10-13,18H2,1-3H3. The fraction of sp³-hybridized carbons (Fsp3) is 0.588. The zero-order valence-electron chi connectivity index (χ0n) is 13.1. The number of carbonyl (C=O) groups excluding carboxylic acids is 1. The van der Waals surface area contributed by atoms with Crippen LogP contribution >= 0.6 is 0 Å². The summed E-state index contributed by atoms with van der Waals surface area (Å²) in [6, 6.07) is 8.59. The average Bonchev–Trinajstić information content (AvgIpc) is 2.46. The molecule has 1 aromatic carbocycles. The molecule has 112 valence electrons. The number of benzene rings is 1. The predicted octanol–water partition coefficient (Wildman–Crippen LogP) is 2.90. The van der Waals surface area contributed by atoms with Gasteiger partial charge in [-0.25, -0.2) is 0 Å². The molecule has 1 aromatic rings.